The first-order valence-electron chi connectivity index (χ1n) is 9.54. The van der Waals surface area contributed by atoms with E-state index in [1.807, 2.05) is 26.8 Å². The second-order valence-corrected chi connectivity index (χ2v) is 6.88. The molecule has 0 aliphatic rings. The molecule has 1 amide bonds. The standard InChI is InChI=1S/C22H25N3O4/c1-5-25(13-20-23-17-9-7-6-8-16(17)21(26)24-20)22(27)15-10-11-18(29-14(2)3)19(12-15)28-4/h6-12,14H,5,13H2,1-4H3,(H,23,24,26). The van der Waals surface area contributed by atoms with E-state index in [1.54, 1.807) is 41.3 Å². The molecule has 7 nitrogen and oxygen atoms in total. The summed E-state index contributed by atoms with van der Waals surface area (Å²) in [6.07, 6.45) is -0.00612. The van der Waals surface area contributed by atoms with Crippen molar-refractivity contribution in [2.75, 3.05) is 13.7 Å². The van der Waals surface area contributed by atoms with Crippen molar-refractivity contribution in [3.63, 3.8) is 0 Å². The van der Waals surface area contributed by atoms with E-state index in [1.165, 1.54) is 7.11 Å². The van der Waals surface area contributed by atoms with Gasteiger partial charge >= 0.3 is 0 Å². The molecule has 2 aromatic carbocycles. The van der Waals surface area contributed by atoms with Crippen LogP contribution in [0.5, 0.6) is 11.5 Å². The number of nitrogens with one attached hydrogen (secondary N) is 1. The zero-order valence-electron chi connectivity index (χ0n) is 17.1. The van der Waals surface area contributed by atoms with Gasteiger partial charge in [-0.3, -0.25) is 9.59 Å². The number of aromatic nitrogens is 2. The van der Waals surface area contributed by atoms with Gasteiger partial charge in [-0.05, 0) is 51.1 Å². The maximum Gasteiger partial charge on any atom is 0.258 e. The largest absolute Gasteiger partial charge is 0.493 e. The Kier molecular flexibility index (Phi) is 6.16. The second-order valence-electron chi connectivity index (χ2n) is 6.88. The van der Waals surface area contributed by atoms with Crippen LogP contribution in [0.1, 0.15) is 37.0 Å². The topological polar surface area (TPSA) is 84.5 Å². The summed E-state index contributed by atoms with van der Waals surface area (Å²) in [5, 5.41) is 0.524. The zero-order chi connectivity index (χ0) is 21.0. The summed E-state index contributed by atoms with van der Waals surface area (Å²) in [6, 6.07) is 12.2. The first-order chi connectivity index (χ1) is 13.9. The van der Waals surface area contributed by atoms with E-state index >= 15 is 0 Å². The Hall–Kier alpha value is -3.35. The quantitative estimate of drug-likeness (QED) is 0.663. The molecule has 0 radical (unpaired) electrons. The highest BCUT2D eigenvalue weighted by Gasteiger charge is 2.18. The number of para-hydroxylation sites is 1. The van der Waals surface area contributed by atoms with Crippen molar-refractivity contribution >= 4 is 16.8 Å². The van der Waals surface area contributed by atoms with Crippen LogP contribution >= 0.6 is 0 Å². The Balaban J connectivity index is 1.86. The molecule has 0 fully saturated rings. The number of carbonyl (C=O) groups excluding carboxylic acids is 1. The summed E-state index contributed by atoms with van der Waals surface area (Å²) in [5.41, 5.74) is 0.862. The van der Waals surface area contributed by atoms with E-state index in [-0.39, 0.29) is 24.1 Å². The number of hydrogen-bond acceptors (Lipinski definition) is 5. The Morgan fingerprint density at radius 2 is 1.93 bits per heavy atom. The summed E-state index contributed by atoms with van der Waals surface area (Å²) in [4.78, 5) is 34.2. The average Bonchev–Trinajstić information content (AvgIpc) is 2.71. The number of carbonyl (C=O) groups is 1. The van der Waals surface area contributed by atoms with Gasteiger partial charge in [-0.1, -0.05) is 12.1 Å². The van der Waals surface area contributed by atoms with Gasteiger partial charge in [-0.15, -0.1) is 0 Å². The van der Waals surface area contributed by atoms with Gasteiger partial charge in [0.25, 0.3) is 11.5 Å². The maximum absolute atomic E-state index is 13.0. The summed E-state index contributed by atoms with van der Waals surface area (Å²) < 4.78 is 11.1. The number of aromatic amines is 1. The van der Waals surface area contributed by atoms with Gasteiger partial charge in [0.05, 0.1) is 30.7 Å². The van der Waals surface area contributed by atoms with Gasteiger partial charge in [0.2, 0.25) is 0 Å². The highest BCUT2D eigenvalue weighted by atomic mass is 16.5. The van der Waals surface area contributed by atoms with Crippen molar-refractivity contribution in [1.82, 2.24) is 14.9 Å². The van der Waals surface area contributed by atoms with E-state index in [0.29, 0.717) is 40.3 Å². The SMILES string of the molecule is CCN(Cc1nc2ccccc2c(=O)[nH]1)C(=O)c1ccc(OC(C)C)c(OC)c1. The first-order valence-corrected chi connectivity index (χ1v) is 9.54. The van der Waals surface area contributed by atoms with E-state index in [4.69, 9.17) is 9.47 Å². The number of nitrogens with zero attached hydrogens (tertiary/aromatic N) is 2. The van der Waals surface area contributed by atoms with Gasteiger partial charge in [0.1, 0.15) is 5.82 Å². The third kappa shape index (κ3) is 4.56. The van der Waals surface area contributed by atoms with Crippen LogP contribution in [0.15, 0.2) is 47.3 Å². The number of rotatable bonds is 7. The van der Waals surface area contributed by atoms with Crippen molar-refractivity contribution in [2.24, 2.45) is 0 Å². The molecule has 0 spiro atoms. The molecular formula is C22H25N3O4. The lowest BCUT2D eigenvalue weighted by Gasteiger charge is -2.21. The third-order valence-electron chi connectivity index (χ3n) is 4.44. The number of fused-ring (bicyclic) bond motifs is 1. The molecule has 0 aliphatic carbocycles. The Morgan fingerprint density at radius 1 is 1.17 bits per heavy atom. The van der Waals surface area contributed by atoms with Crippen LogP contribution in [0.3, 0.4) is 0 Å². The van der Waals surface area contributed by atoms with Crippen LogP contribution in [0, 0.1) is 0 Å². The van der Waals surface area contributed by atoms with E-state index in [0.717, 1.165) is 0 Å². The van der Waals surface area contributed by atoms with Gasteiger partial charge in [0, 0.05) is 12.1 Å². The molecule has 152 valence electrons. The van der Waals surface area contributed by atoms with Gasteiger partial charge in [-0.25, -0.2) is 4.98 Å². The lowest BCUT2D eigenvalue weighted by atomic mass is 10.1. The average molecular weight is 395 g/mol. The van der Waals surface area contributed by atoms with Crippen LogP contribution in [0.4, 0.5) is 0 Å². The molecule has 1 heterocycles. The number of benzene rings is 2. The lowest BCUT2D eigenvalue weighted by molar-refractivity contribution is 0.0748. The zero-order valence-corrected chi connectivity index (χ0v) is 17.1. The fourth-order valence-electron chi connectivity index (χ4n) is 3.05. The number of methoxy groups -OCH3 is 1. The predicted molar refractivity (Wildman–Crippen MR) is 112 cm³/mol. The fourth-order valence-corrected chi connectivity index (χ4v) is 3.05. The van der Waals surface area contributed by atoms with Gasteiger partial charge < -0.3 is 19.4 Å². The summed E-state index contributed by atoms with van der Waals surface area (Å²) in [6.45, 7) is 6.39. The summed E-state index contributed by atoms with van der Waals surface area (Å²) in [7, 11) is 1.54. The molecule has 29 heavy (non-hydrogen) atoms. The monoisotopic (exact) mass is 395 g/mol. The fraction of sp³-hybridized carbons (Fsp3) is 0.318. The van der Waals surface area contributed by atoms with Crippen LogP contribution in [-0.2, 0) is 6.54 Å². The van der Waals surface area contributed by atoms with Crippen LogP contribution in [-0.4, -0.2) is 40.5 Å². The van der Waals surface area contributed by atoms with Crippen LogP contribution in [0.2, 0.25) is 0 Å². The van der Waals surface area contributed by atoms with E-state index < -0.39 is 0 Å². The minimum Gasteiger partial charge on any atom is -0.493 e. The van der Waals surface area contributed by atoms with Gasteiger partial charge in [-0.2, -0.15) is 0 Å². The van der Waals surface area contributed by atoms with Crippen molar-refractivity contribution in [3.8, 4) is 11.5 Å². The van der Waals surface area contributed by atoms with Gasteiger partial charge in [0.15, 0.2) is 11.5 Å². The highest BCUT2D eigenvalue weighted by molar-refractivity contribution is 5.95. The molecule has 7 heteroatoms. The molecule has 0 unspecified atom stereocenters. The highest BCUT2D eigenvalue weighted by Crippen LogP contribution is 2.29. The molecule has 0 bridgehead atoms. The maximum atomic E-state index is 13.0. The van der Waals surface area contributed by atoms with Crippen molar-refractivity contribution in [1.29, 1.82) is 0 Å². The molecular weight excluding hydrogens is 370 g/mol. The predicted octanol–water partition coefficient (Wildman–Crippen LogP) is 3.38. The molecule has 3 aromatic rings. The smallest absolute Gasteiger partial charge is 0.258 e. The number of hydrogen-bond donors (Lipinski definition) is 1. The normalized spacial score (nSPS) is 10.9. The van der Waals surface area contributed by atoms with Crippen molar-refractivity contribution in [3.05, 3.63) is 64.2 Å². The first kappa shape index (κ1) is 20.4. The van der Waals surface area contributed by atoms with Crippen LogP contribution < -0.4 is 15.0 Å². The summed E-state index contributed by atoms with van der Waals surface area (Å²) in [5.74, 6) is 1.34. The van der Waals surface area contributed by atoms with Crippen molar-refractivity contribution in [2.45, 2.75) is 33.4 Å². The minimum absolute atomic E-state index is 0.00612. The molecule has 0 atom stereocenters. The third-order valence-corrected chi connectivity index (χ3v) is 4.44. The number of amides is 1. The number of ether oxygens (including phenoxy) is 2. The number of H-pyrrole nitrogens is 1. The second kappa shape index (κ2) is 8.77. The molecule has 3 rings (SSSR count). The van der Waals surface area contributed by atoms with Crippen LogP contribution in [0.25, 0.3) is 10.9 Å². The molecule has 0 saturated heterocycles. The van der Waals surface area contributed by atoms with E-state index in [2.05, 4.69) is 9.97 Å². The Morgan fingerprint density at radius 3 is 2.62 bits per heavy atom. The molecule has 1 aromatic heterocycles. The van der Waals surface area contributed by atoms with Crippen molar-refractivity contribution < 1.29 is 14.3 Å². The molecule has 1 N–H and O–H groups in total. The van der Waals surface area contributed by atoms with E-state index in [9.17, 15) is 9.59 Å². The minimum atomic E-state index is -0.217. The Labute approximate surface area is 169 Å². The molecule has 0 saturated carbocycles. The Bertz CT molecular complexity index is 1080. The lowest BCUT2D eigenvalue weighted by Crippen LogP contribution is -2.32. The molecule has 0 aliphatic heterocycles. The summed E-state index contributed by atoms with van der Waals surface area (Å²) >= 11 is 0.